The van der Waals surface area contributed by atoms with Gasteiger partial charge in [-0.3, -0.25) is 17.8 Å². The second-order valence-electron chi connectivity index (χ2n) is 7.37. The van der Waals surface area contributed by atoms with Gasteiger partial charge in [-0.05, 0) is 6.42 Å². The maximum absolute atomic E-state index is 12.6. The van der Waals surface area contributed by atoms with Crippen LogP contribution in [0.1, 0.15) is 19.8 Å². The van der Waals surface area contributed by atoms with E-state index in [1.54, 1.807) is 0 Å². The molecule has 2 fully saturated rings. The fraction of sp³-hybridized carbons (Fsp3) is 1.00. The first-order valence-corrected chi connectivity index (χ1v) is 17.1. The predicted octanol–water partition coefficient (Wildman–Crippen LogP) is -1.70. The van der Waals surface area contributed by atoms with Crippen LogP contribution in [0.5, 0.6) is 0 Å². The van der Waals surface area contributed by atoms with E-state index < -0.39 is 92.5 Å². The third-order valence-corrected chi connectivity index (χ3v) is 11.1. The average molecular weight is 604 g/mol. The Kier molecular flexibility index (Phi) is 11.7. The molecule has 10 atom stereocenters. The van der Waals surface area contributed by atoms with Crippen LogP contribution in [-0.2, 0) is 57.2 Å². The number of aliphatic hydroxyl groups excluding tert-OH is 1. The summed E-state index contributed by atoms with van der Waals surface area (Å²) in [4.78, 5) is 47.3. The third kappa shape index (κ3) is 10.9. The van der Waals surface area contributed by atoms with Gasteiger partial charge in [-0.1, -0.05) is 18.7 Å². The normalized spacial score (nSPS) is 36.2. The molecule has 204 valence electrons. The van der Waals surface area contributed by atoms with E-state index in [0.29, 0.717) is 0 Å². The van der Waals surface area contributed by atoms with Crippen LogP contribution in [0.4, 0.5) is 4.39 Å². The van der Waals surface area contributed by atoms with Crippen molar-refractivity contribution >= 4 is 49.6 Å². The van der Waals surface area contributed by atoms with Gasteiger partial charge in [0.25, 0.3) is 15.6 Å². The summed E-state index contributed by atoms with van der Waals surface area (Å²) in [6.07, 6.45) is -6.88. The molecule has 0 aromatic carbocycles. The lowest BCUT2D eigenvalue weighted by Crippen LogP contribution is -2.32. The van der Waals surface area contributed by atoms with Gasteiger partial charge in [0.2, 0.25) is 0 Å². The lowest BCUT2D eigenvalue weighted by Gasteiger charge is -2.37. The van der Waals surface area contributed by atoms with Crippen molar-refractivity contribution in [1.82, 2.24) is 0 Å². The van der Waals surface area contributed by atoms with E-state index in [0.717, 1.165) is 6.92 Å². The third-order valence-electron chi connectivity index (χ3n) is 4.57. The Labute approximate surface area is 206 Å². The summed E-state index contributed by atoms with van der Waals surface area (Å²) < 4.78 is 80.1. The summed E-state index contributed by atoms with van der Waals surface area (Å²) in [5.74, 6) is 0. The van der Waals surface area contributed by atoms with Gasteiger partial charge in [-0.25, -0.2) is 4.39 Å². The first kappa shape index (κ1) is 32.1. The quantitative estimate of drug-likeness (QED) is 0.172. The smallest absolute Gasteiger partial charge is 0.277 e. The lowest BCUT2D eigenvalue weighted by molar-refractivity contribution is -0.238. The van der Waals surface area contributed by atoms with Gasteiger partial charge >= 0.3 is 0 Å². The first-order valence-electron chi connectivity index (χ1n) is 9.90. The molecule has 2 aliphatic heterocycles. The van der Waals surface area contributed by atoms with Crippen molar-refractivity contribution in [2.45, 2.75) is 56.3 Å². The highest BCUT2D eigenvalue weighted by Crippen LogP contribution is 2.62. The largest absolute Gasteiger partial charge is 0.779 e. The highest BCUT2D eigenvalue weighted by atomic mass is 32.5. The predicted molar refractivity (Wildman–Crippen MR) is 111 cm³/mol. The summed E-state index contributed by atoms with van der Waals surface area (Å²) in [6.45, 7) is -6.22. The Hall–Kier alpha value is 0.855. The number of aliphatic hydroxyl groups is 1. The van der Waals surface area contributed by atoms with Gasteiger partial charge < -0.3 is 52.3 Å². The zero-order chi connectivity index (χ0) is 26.7. The minimum atomic E-state index is -5.69. The van der Waals surface area contributed by atoms with Gasteiger partial charge in [0, 0.05) is 18.6 Å². The Balaban J connectivity index is 1.91. The standard InChI is InChI=1S/C13H26BFO15P4S/c1-2-31(17,18)29-33(21,22)30-34(23,35)25-7-12-10(4-13(14)27-12)28-32(19,20)24-6-11-9(16)3-8(5-15)26-11/h8-13,16H,2-7H2,1H3,(H,17,18)(H,19,20)(H,21,22)(H,23,35)/p-4/t8-,9+,10+,11-,12-,13-,34?/m1/s1. The van der Waals surface area contributed by atoms with Crippen LogP contribution in [0.25, 0.3) is 0 Å². The number of halogens is 1. The van der Waals surface area contributed by atoms with Gasteiger partial charge in [0.1, 0.15) is 41.0 Å². The van der Waals surface area contributed by atoms with E-state index in [4.69, 9.17) is 26.4 Å². The number of phosphoric ester groups is 1. The molecule has 0 spiro atoms. The molecule has 0 amide bonds. The Bertz CT molecular complexity index is 914. The highest BCUT2D eigenvalue weighted by molar-refractivity contribution is 8.07. The zero-order valence-electron chi connectivity index (χ0n) is 18.0. The van der Waals surface area contributed by atoms with Crippen molar-refractivity contribution in [2.24, 2.45) is 0 Å². The molecule has 0 saturated carbocycles. The van der Waals surface area contributed by atoms with Crippen LogP contribution < -0.4 is 19.6 Å². The number of phosphoric acid groups is 2. The number of hydrogen-bond donors (Lipinski definition) is 1. The van der Waals surface area contributed by atoms with Crippen molar-refractivity contribution in [2.75, 3.05) is 26.1 Å². The van der Waals surface area contributed by atoms with Crippen LogP contribution in [0.15, 0.2) is 0 Å². The second-order valence-corrected chi connectivity index (χ2v) is 15.3. The number of rotatable bonds is 14. The minimum Gasteiger partial charge on any atom is -0.779 e. The molecular formula is C13H22BFO15P4S-4. The molecule has 2 radical (unpaired) electrons. The van der Waals surface area contributed by atoms with Crippen molar-refractivity contribution in [3.05, 3.63) is 0 Å². The molecule has 2 rings (SSSR count). The molecule has 35 heavy (non-hydrogen) atoms. The molecule has 0 bridgehead atoms. The van der Waals surface area contributed by atoms with Gasteiger partial charge in [0.05, 0.1) is 31.5 Å². The molecule has 0 aromatic heterocycles. The number of hydrogen-bond acceptors (Lipinski definition) is 16. The van der Waals surface area contributed by atoms with Crippen molar-refractivity contribution in [3.63, 3.8) is 0 Å². The molecule has 4 unspecified atom stereocenters. The molecule has 2 heterocycles. The summed E-state index contributed by atoms with van der Waals surface area (Å²) in [7, 11) is -10.0. The van der Waals surface area contributed by atoms with E-state index in [1.165, 1.54) is 0 Å². The van der Waals surface area contributed by atoms with E-state index in [2.05, 4.69) is 25.0 Å². The molecule has 0 aromatic rings. The number of ether oxygens (including phenoxy) is 2. The second kappa shape index (κ2) is 12.8. The molecule has 15 nitrogen and oxygen atoms in total. The van der Waals surface area contributed by atoms with Gasteiger partial charge in [-0.15, -0.1) is 0 Å². The fourth-order valence-corrected chi connectivity index (χ4v) is 8.39. The average Bonchev–Trinajstić information content (AvgIpc) is 3.24. The SMILES string of the molecule is [B][C@H]1C[C@H](OP(=O)([O-])OC[C@H]2O[C@@H](CF)C[C@@H]2O)[C@@H](COP([O-])(=S)OP(=O)([O-])OP(=O)([O-])CC)O1. The van der Waals surface area contributed by atoms with E-state index in [-0.39, 0.29) is 12.8 Å². The topological polar surface area (TPSA) is 228 Å². The molecule has 2 aliphatic rings. The van der Waals surface area contributed by atoms with Crippen molar-refractivity contribution < 1.29 is 74.4 Å². The summed E-state index contributed by atoms with van der Waals surface area (Å²) in [6, 6.07) is -1.07. The molecule has 2 saturated heterocycles. The molecule has 22 heteroatoms. The van der Waals surface area contributed by atoms with Crippen molar-refractivity contribution in [1.29, 1.82) is 0 Å². The molecule has 1 N–H and O–H groups in total. The maximum Gasteiger partial charge on any atom is 0.277 e. The van der Waals surface area contributed by atoms with Crippen LogP contribution in [0, 0.1) is 0 Å². The van der Waals surface area contributed by atoms with Gasteiger partial charge in [0.15, 0.2) is 0 Å². The van der Waals surface area contributed by atoms with Crippen LogP contribution in [0.3, 0.4) is 0 Å². The minimum absolute atomic E-state index is 0.0470. The molecule has 0 aliphatic carbocycles. The highest BCUT2D eigenvalue weighted by Gasteiger charge is 2.39. The van der Waals surface area contributed by atoms with Gasteiger partial charge in [-0.2, -0.15) is 0 Å². The monoisotopic (exact) mass is 604 g/mol. The summed E-state index contributed by atoms with van der Waals surface area (Å²) >= 11 is 4.40. The maximum atomic E-state index is 12.6. The summed E-state index contributed by atoms with van der Waals surface area (Å²) in [5, 5.41) is 9.76. The van der Waals surface area contributed by atoms with Crippen LogP contribution in [-0.4, -0.2) is 75.5 Å². The Morgan fingerprint density at radius 2 is 1.66 bits per heavy atom. The van der Waals surface area contributed by atoms with E-state index in [9.17, 15) is 42.8 Å². The van der Waals surface area contributed by atoms with Crippen LogP contribution in [0.2, 0.25) is 0 Å². The Morgan fingerprint density at radius 3 is 2.23 bits per heavy atom. The van der Waals surface area contributed by atoms with E-state index in [1.807, 2.05) is 0 Å². The Morgan fingerprint density at radius 1 is 1.03 bits per heavy atom. The number of alkyl halides is 1. The summed E-state index contributed by atoms with van der Waals surface area (Å²) in [5.41, 5.74) is 0. The first-order chi connectivity index (χ1) is 16.0. The lowest BCUT2D eigenvalue weighted by atomic mass is 9.96. The van der Waals surface area contributed by atoms with E-state index >= 15 is 0 Å². The van der Waals surface area contributed by atoms with Crippen LogP contribution >= 0.6 is 30.0 Å². The fourth-order valence-electron chi connectivity index (χ4n) is 2.97. The zero-order valence-corrected chi connectivity index (χ0v) is 22.4. The molecular weight excluding hydrogens is 582 g/mol. The van der Waals surface area contributed by atoms with Crippen molar-refractivity contribution in [3.8, 4) is 0 Å².